The summed E-state index contributed by atoms with van der Waals surface area (Å²) in [7, 11) is 1.62. The van der Waals surface area contributed by atoms with Gasteiger partial charge < -0.3 is 15.0 Å². The van der Waals surface area contributed by atoms with E-state index in [0.717, 1.165) is 42.7 Å². The van der Waals surface area contributed by atoms with Crippen molar-refractivity contribution in [2.45, 2.75) is 32.2 Å². The van der Waals surface area contributed by atoms with E-state index < -0.39 is 0 Å². The highest BCUT2D eigenvalue weighted by Gasteiger charge is 2.23. The van der Waals surface area contributed by atoms with Crippen LogP contribution in [0.1, 0.15) is 24.8 Å². The Morgan fingerprint density at radius 2 is 2.12 bits per heavy atom. The number of piperidine rings is 1. The van der Waals surface area contributed by atoms with Gasteiger partial charge in [-0.1, -0.05) is 11.6 Å². The van der Waals surface area contributed by atoms with Crippen molar-refractivity contribution in [2.24, 2.45) is 0 Å². The van der Waals surface area contributed by atoms with Crippen molar-refractivity contribution in [3.05, 3.63) is 30.1 Å². The molecule has 128 valence electrons. The number of aromatic nitrogens is 2. The minimum absolute atomic E-state index is 0.179. The lowest BCUT2D eigenvalue weighted by atomic mass is 10.0. The Hall–Kier alpha value is -2.21. The summed E-state index contributed by atoms with van der Waals surface area (Å²) in [5, 5.41) is 4.59. The maximum atomic E-state index is 12.0. The van der Waals surface area contributed by atoms with E-state index in [1.807, 2.05) is 11.0 Å². The number of fused-ring (bicyclic) bond motifs is 1. The van der Waals surface area contributed by atoms with Crippen LogP contribution in [0.15, 0.2) is 24.5 Å². The van der Waals surface area contributed by atoms with Crippen molar-refractivity contribution in [1.29, 1.82) is 0 Å². The van der Waals surface area contributed by atoms with Crippen LogP contribution in [0.4, 0.5) is 5.82 Å². The molecule has 0 saturated carbocycles. The smallest absolute Gasteiger partial charge is 0.224 e. The Balaban J connectivity index is 1.62. The van der Waals surface area contributed by atoms with Gasteiger partial charge in [0.2, 0.25) is 5.91 Å². The van der Waals surface area contributed by atoms with E-state index in [1.54, 1.807) is 13.4 Å². The van der Waals surface area contributed by atoms with Crippen LogP contribution in [0.3, 0.4) is 0 Å². The number of benzene rings is 1. The maximum Gasteiger partial charge on any atom is 0.224 e. The van der Waals surface area contributed by atoms with E-state index in [2.05, 4.69) is 34.3 Å². The van der Waals surface area contributed by atoms with Gasteiger partial charge in [-0.3, -0.25) is 4.79 Å². The topological polar surface area (TPSA) is 67.3 Å². The molecule has 1 aliphatic heterocycles. The van der Waals surface area contributed by atoms with Crippen molar-refractivity contribution in [3.8, 4) is 0 Å². The fourth-order valence-electron chi connectivity index (χ4n) is 3.10. The fraction of sp³-hybridized carbons (Fsp3) is 0.500. The third-order valence-electron chi connectivity index (χ3n) is 4.50. The first-order chi connectivity index (χ1) is 11.7. The van der Waals surface area contributed by atoms with Gasteiger partial charge in [-0.2, -0.15) is 0 Å². The Morgan fingerprint density at radius 1 is 1.33 bits per heavy atom. The predicted molar refractivity (Wildman–Crippen MR) is 94.0 cm³/mol. The SMILES string of the molecule is COCCC(=O)N1CCC(Nc2ncnc3ccc(C)cc23)CC1. The molecule has 1 aromatic heterocycles. The summed E-state index contributed by atoms with van der Waals surface area (Å²) in [6.45, 7) is 4.12. The molecule has 0 spiro atoms. The van der Waals surface area contributed by atoms with E-state index in [0.29, 0.717) is 19.1 Å². The summed E-state index contributed by atoms with van der Waals surface area (Å²) in [6.07, 6.45) is 3.92. The number of nitrogens with one attached hydrogen (secondary N) is 1. The molecule has 1 aliphatic rings. The number of methoxy groups -OCH3 is 1. The molecule has 24 heavy (non-hydrogen) atoms. The van der Waals surface area contributed by atoms with Crippen molar-refractivity contribution >= 4 is 22.6 Å². The van der Waals surface area contributed by atoms with E-state index in [9.17, 15) is 4.79 Å². The molecule has 3 rings (SSSR count). The number of ether oxygens (including phenoxy) is 1. The van der Waals surface area contributed by atoms with E-state index >= 15 is 0 Å². The molecular weight excluding hydrogens is 304 g/mol. The summed E-state index contributed by atoms with van der Waals surface area (Å²) in [6, 6.07) is 6.52. The second-order valence-electron chi connectivity index (χ2n) is 6.29. The predicted octanol–water partition coefficient (Wildman–Crippen LogP) is 2.38. The summed E-state index contributed by atoms with van der Waals surface area (Å²) >= 11 is 0. The Bertz CT molecular complexity index is 711. The van der Waals surface area contributed by atoms with E-state index in [4.69, 9.17) is 4.74 Å². The number of amides is 1. The van der Waals surface area contributed by atoms with Crippen molar-refractivity contribution in [3.63, 3.8) is 0 Å². The fourth-order valence-corrected chi connectivity index (χ4v) is 3.10. The number of carbonyl (C=O) groups excluding carboxylic acids is 1. The number of aryl methyl sites for hydroxylation is 1. The highest BCUT2D eigenvalue weighted by atomic mass is 16.5. The van der Waals surface area contributed by atoms with E-state index in [1.165, 1.54) is 5.56 Å². The van der Waals surface area contributed by atoms with Crippen molar-refractivity contribution < 1.29 is 9.53 Å². The highest BCUT2D eigenvalue weighted by Crippen LogP contribution is 2.23. The second kappa shape index (κ2) is 7.57. The van der Waals surface area contributed by atoms with Gasteiger partial charge in [-0.15, -0.1) is 0 Å². The molecule has 6 heteroatoms. The van der Waals surface area contributed by atoms with Crippen LogP contribution in [0.2, 0.25) is 0 Å². The Morgan fingerprint density at radius 3 is 2.88 bits per heavy atom. The van der Waals surface area contributed by atoms with Gasteiger partial charge in [0.1, 0.15) is 12.1 Å². The molecule has 0 unspecified atom stereocenters. The first-order valence-electron chi connectivity index (χ1n) is 8.42. The Kier molecular flexibility index (Phi) is 5.25. The van der Waals surface area contributed by atoms with E-state index in [-0.39, 0.29) is 5.91 Å². The minimum atomic E-state index is 0.179. The first kappa shape index (κ1) is 16.6. The number of hydrogen-bond donors (Lipinski definition) is 1. The highest BCUT2D eigenvalue weighted by molar-refractivity contribution is 5.89. The van der Waals surface area contributed by atoms with Gasteiger partial charge in [0.15, 0.2) is 0 Å². The number of hydrogen-bond acceptors (Lipinski definition) is 5. The lowest BCUT2D eigenvalue weighted by Gasteiger charge is -2.32. The van der Waals surface area contributed by atoms with Crippen LogP contribution >= 0.6 is 0 Å². The monoisotopic (exact) mass is 328 g/mol. The molecule has 0 aliphatic carbocycles. The zero-order chi connectivity index (χ0) is 16.9. The van der Waals surface area contributed by atoms with Crippen LogP contribution in [0.25, 0.3) is 10.9 Å². The summed E-state index contributed by atoms with van der Waals surface area (Å²) in [4.78, 5) is 22.7. The lowest BCUT2D eigenvalue weighted by molar-refractivity contribution is -0.133. The number of anilines is 1. The number of nitrogens with zero attached hydrogens (tertiary/aromatic N) is 3. The van der Waals surface area contributed by atoms with Crippen molar-refractivity contribution in [1.82, 2.24) is 14.9 Å². The molecular formula is C18H24N4O2. The zero-order valence-electron chi connectivity index (χ0n) is 14.3. The molecule has 0 bridgehead atoms. The van der Waals surface area contributed by atoms with Crippen molar-refractivity contribution in [2.75, 3.05) is 32.1 Å². The Labute approximate surface area is 142 Å². The minimum Gasteiger partial charge on any atom is -0.384 e. The normalized spacial score (nSPS) is 15.7. The van der Waals surface area contributed by atoms with Crippen LogP contribution in [0, 0.1) is 6.92 Å². The third kappa shape index (κ3) is 3.82. The first-order valence-corrected chi connectivity index (χ1v) is 8.42. The maximum absolute atomic E-state index is 12.0. The molecule has 2 aromatic rings. The number of carbonyl (C=O) groups is 1. The number of likely N-dealkylation sites (tertiary alicyclic amines) is 1. The van der Waals surface area contributed by atoms with Crippen LogP contribution < -0.4 is 5.32 Å². The molecule has 0 radical (unpaired) electrons. The van der Waals surface area contributed by atoms with Gasteiger partial charge in [0, 0.05) is 31.6 Å². The molecule has 1 saturated heterocycles. The average Bonchev–Trinajstić information content (AvgIpc) is 2.61. The zero-order valence-corrected chi connectivity index (χ0v) is 14.3. The van der Waals surface area contributed by atoms with Gasteiger partial charge in [-0.05, 0) is 31.9 Å². The lowest BCUT2D eigenvalue weighted by Crippen LogP contribution is -2.42. The summed E-state index contributed by atoms with van der Waals surface area (Å²) in [5.41, 5.74) is 2.14. The molecule has 1 fully saturated rings. The summed E-state index contributed by atoms with van der Waals surface area (Å²) < 4.78 is 4.98. The molecule has 0 atom stereocenters. The largest absolute Gasteiger partial charge is 0.384 e. The molecule has 1 amide bonds. The molecule has 1 aromatic carbocycles. The summed E-state index contributed by atoms with van der Waals surface area (Å²) in [5.74, 6) is 1.06. The molecule has 2 heterocycles. The van der Waals surface area contributed by atoms with Gasteiger partial charge >= 0.3 is 0 Å². The third-order valence-corrected chi connectivity index (χ3v) is 4.50. The van der Waals surface area contributed by atoms with Gasteiger partial charge in [0.05, 0.1) is 18.5 Å². The number of rotatable bonds is 5. The van der Waals surface area contributed by atoms with Crippen LogP contribution in [-0.4, -0.2) is 53.6 Å². The quantitative estimate of drug-likeness (QED) is 0.913. The van der Waals surface area contributed by atoms with Gasteiger partial charge in [0.25, 0.3) is 0 Å². The second-order valence-corrected chi connectivity index (χ2v) is 6.29. The van der Waals surface area contributed by atoms with Crippen LogP contribution in [-0.2, 0) is 9.53 Å². The van der Waals surface area contributed by atoms with Gasteiger partial charge in [-0.25, -0.2) is 9.97 Å². The van der Waals surface area contributed by atoms with Crippen LogP contribution in [0.5, 0.6) is 0 Å². The standard InChI is InChI=1S/C18H24N4O2/c1-13-3-4-16-15(11-13)18(20-12-19-16)21-14-5-8-22(9-6-14)17(23)7-10-24-2/h3-4,11-12,14H,5-10H2,1-2H3,(H,19,20,21). The average molecular weight is 328 g/mol. The molecule has 6 nitrogen and oxygen atoms in total. The molecule has 1 N–H and O–H groups in total.